The smallest absolute Gasteiger partial charge is 0.433 e. The number of carbonyl (C=O) groups is 3. The van der Waals surface area contributed by atoms with Crippen LogP contribution in [-0.4, -0.2) is 72.8 Å². The SMILES string of the molecule is Cn1c(=O)n(C2CCC(=O)NC2=O)c2cccc(OCC3CCN(CC4CCC(n5cc6cc(NC(=O)c7cccc(C(F)(F)F)n7)c(C(F)F)cc6n5)CC4)CC3)c21. The van der Waals surface area contributed by atoms with Crippen LogP contribution in [-0.2, 0) is 22.8 Å². The standard InChI is InChI=1S/C41H43F5N8O5/c1-51-36-31(54(40(51)58)32-12-13-35(55)49-39(32)57)5-3-6-33(36)59-22-24-14-16-52(17-15-24)20-23-8-10-26(11-9-23)53-21-25-18-30(27(37(42)43)19-29(25)50-53)48-38(56)28-4-2-7-34(47-28)41(44,45)46/h2-7,18-19,21,23-24,26,32,37H,8-17,20,22H2,1H3,(H,48,56)(H,49,55,57). The average molecular weight is 823 g/mol. The minimum Gasteiger partial charge on any atom is -0.491 e. The number of ether oxygens (including phenoxy) is 1. The Labute approximate surface area is 334 Å². The van der Waals surface area contributed by atoms with Crippen molar-refractivity contribution in [2.75, 3.05) is 31.6 Å². The summed E-state index contributed by atoms with van der Waals surface area (Å²) in [6.07, 6.45) is 0.0108. The number of para-hydroxylation sites is 1. The lowest BCUT2D eigenvalue weighted by Gasteiger charge is -2.36. The molecule has 5 heterocycles. The number of imide groups is 1. The van der Waals surface area contributed by atoms with Gasteiger partial charge in [-0.2, -0.15) is 18.3 Å². The molecule has 3 aliphatic rings. The van der Waals surface area contributed by atoms with E-state index < -0.39 is 47.4 Å². The highest BCUT2D eigenvalue weighted by Crippen LogP contribution is 2.37. The number of nitrogens with zero attached hydrogens (tertiary/aromatic N) is 6. The van der Waals surface area contributed by atoms with Gasteiger partial charge in [0.25, 0.3) is 12.3 Å². The number of carbonyl (C=O) groups excluding carboxylic acids is 3. The molecule has 13 nitrogen and oxygen atoms in total. The fraction of sp³-hybridized carbons (Fsp3) is 0.463. The number of pyridine rings is 1. The maximum absolute atomic E-state index is 14.1. The second-order valence-corrected chi connectivity index (χ2v) is 15.8. The first kappa shape index (κ1) is 40.1. The molecule has 0 radical (unpaired) electrons. The Balaban J connectivity index is 0.837. The normalized spacial score (nSPS) is 21.0. The maximum atomic E-state index is 14.1. The topological polar surface area (TPSA) is 145 Å². The highest BCUT2D eigenvalue weighted by molar-refractivity contribution is 6.04. The van der Waals surface area contributed by atoms with Crippen molar-refractivity contribution < 1.29 is 41.1 Å². The van der Waals surface area contributed by atoms with Gasteiger partial charge in [0.2, 0.25) is 11.8 Å². The molecule has 5 aromatic rings. The van der Waals surface area contributed by atoms with Crippen LogP contribution in [0.5, 0.6) is 5.75 Å². The Bertz CT molecular complexity index is 2460. The first-order valence-electron chi connectivity index (χ1n) is 19.8. The molecule has 3 fully saturated rings. The van der Waals surface area contributed by atoms with E-state index in [0.717, 1.165) is 76.4 Å². The molecule has 0 spiro atoms. The van der Waals surface area contributed by atoms with Crippen molar-refractivity contribution in [3.63, 3.8) is 0 Å². The van der Waals surface area contributed by atoms with E-state index in [1.165, 1.54) is 21.3 Å². The molecule has 1 saturated carbocycles. The molecule has 59 heavy (non-hydrogen) atoms. The van der Waals surface area contributed by atoms with E-state index in [1.54, 1.807) is 30.1 Å². The number of fused-ring (bicyclic) bond motifs is 2. The highest BCUT2D eigenvalue weighted by atomic mass is 19.4. The summed E-state index contributed by atoms with van der Waals surface area (Å²) in [4.78, 5) is 56.2. The predicted molar refractivity (Wildman–Crippen MR) is 206 cm³/mol. The first-order valence-corrected chi connectivity index (χ1v) is 19.8. The predicted octanol–water partition coefficient (Wildman–Crippen LogP) is 6.79. The number of benzene rings is 2. The largest absolute Gasteiger partial charge is 0.491 e. The number of aromatic nitrogens is 5. The van der Waals surface area contributed by atoms with Gasteiger partial charge in [-0.1, -0.05) is 12.1 Å². The molecule has 3 aromatic heterocycles. The van der Waals surface area contributed by atoms with Crippen molar-refractivity contribution in [3.8, 4) is 5.75 Å². The van der Waals surface area contributed by atoms with E-state index in [4.69, 9.17) is 4.74 Å². The first-order chi connectivity index (χ1) is 28.2. The minimum absolute atomic E-state index is 0.0637. The van der Waals surface area contributed by atoms with Gasteiger partial charge in [-0.3, -0.25) is 33.5 Å². The molecule has 18 heteroatoms. The number of anilines is 1. The molecule has 1 aliphatic carbocycles. The van der Waals surface area contributed by atoms with Crippen LogP contribution in [0.1, 0.15) is 91.6 Å². The number of rotatable bonds is 10. The number of hydrogen-bond acceptors (Lipinski definition) is 8. The molecule has 2 saturated heterocycles. The highest BCUT2D eigenvalue weighted by Gasteiger charge is 2.34. The summed E-state index contributed by atoms with van der Waals surface area (Å²) in [7, 11) is 1.66. The second-order valence-electron chi connectivity index (χ2n) is 15.8. The van der Waals surface area contributed by atoms with Crippen molar-refractivity contribution >= 4 is 45.3 Å². The molecule has 1 unspecified atom stereocenters. The van der Waals surface area contributed by atoms with Crippen molar-refractivity contribution in [1.29, 1.82) is 0 Å². The van der Waals surface area contributed by atoms with Gasteiger partial charge in [-0.25, -0.2) is 18.6 Å². The van der Waals surface area contributed by atoms with Gasteiger partial charge in [0.1, 0.15) is 28.7 Å². The van der Waals surface area contributed by atoms with E-state index in [2.05, 4.69) is 25.6 Å². The molecule has 2 aromatic carbocycles. The molecule has 2 N–H and O–H groups in total. The summed E-state index contributed by atoms with van der Waals surface area (Å²) in [5.74, 6) is -0.465. The van der Waals surface area contributed by atoms with Crippen LogP contribution in [0.2, 0.25) is 0 Å². The van der Waals surface area contributed by atoms with Crippen molar-refractivity contribution in [2.45, 2.75) is 76.1 Å². The van der Waals surface area contributed by atoms with Crippen molar-refractivity contribution in [3.05, 3.63) is 82.2 Å². The summed E-state index contributed by atoms with van der Waals surface area (Å²) in [6.45, 7) is 3.33. The van der Waals surface area contributed by atoms with Gasteiger partial charge in [-0.15, -0.1) is 0 Å². The van der Waals surface area contributed by atoms with Gasteiger partial charge in [-0.05, 0) is 106 Å². The molecule has 0 bridgehead atoms. The zero-order valence-corrected chi connectivity index (χ0v) is 32.2. The summed E-state index contributed by atoms with van der Waals surface area (Å²) in [5.41, 5.74) is -1.34. The van der Waals surface area contributed by atoms with Crippen LogP contribution in [0.15, 0.2) is 59.5 Å². The van der Waals surface area contributed by atoms with Crippen LogP contribution in [0.25, 0.3) is 21.9 Å². The molecular weight excluding hydrogens is 779 g/mol. The van der Waals surface area contributed by atoms with E-state index in [9.17, 15) is 41.1 Å². The number of alkyl halides is 5. The fourth-order valence-corrected chi connectivity index (χ4v) is 8.74. The quantitative estimate of drug-likeness (QED) is 0.116. The van der Waals surface area contributed by atoms with E-state index in [-0.39, 0.29) is 36.2 Å². The van der Waals surface area contributed by atoms with E-state index in [1.807, 2.05) is 6.07 Å². The van der Waals surface area contributed by atoms with Gasteiger partial charge in [0, 0.05) is 37.2 Å². The molecule has 312 valence electrons. The summed E-state index contributed by atoms with van der Waals surface area (Å²) >= 11 is 0. The lowest BCUT2D eigenvalue weighted by Crippen LogP contribution is -2.44. The third-order valence-electron chi connectivity index (χ3n) is 11.9. The maximum Gasteiger partial charge on any atom is 0.433 e. The van der Waals surface area contributed by atoms with Crippen LogP contribution < -0.4 is 21.1 Å². The van der Waals surface area contributed by atoms with Gasteiger partial charge < -0.3 is 15.0 Å². The van der Waals surface area contributed by atoms with Crippen LogP contribution in [0, 0.1) is 11.8 Å². The van der Waals surface area contributed by atoms with E-state index >= 15 is 0 Å². The molecule has 8 rings (SSSR count). The second kappa shape index (κ2) is 16.2. The van der Waals surface area contributed by atoms with Gasteiger partial charge >= 0.3 is 11.9 Å². The van der Waals surface area contributed by atoms with Crippen LogP contribution in [0.4, 0.5) is 27.6 Å². The van der Waals surface area contributed by atoms with E-state index in [0.29, 0.717) is 46.1 Å². The number of nitrogens with one attached hydrogen (secondary N) is 2. The number of imidazole rings is 1. The zero-order valence-electron chi connectivity index (χ0n) is 32.2. The van der Waals surface area contributed by atoms with Crippen molar-refractivity contribution in [1.82, 2.24) is 34.1 Å². The summed E-state index contributed by atoms with van der Waals surface area (Å²) in [5, 5.41) is 9.78. The fourth-order valence-electron chi connectivity index (χ4n) is 8.74. The number of amides is 3. The monoisotopic (exact) mass is 822 g/mol. The number of likely N-dealkylation sites (tertiary alicyclic amines) is 1. The average Bonchev–Trinajstić information content (AvgIpc) is 3.74. The summed E-state index contributed by atoms with van der Waals surface area (Å²) in [6, 6.07) is 10.1. The van der Waals surface area contributed by atoms with Crippen LogP contribution >= 0.6 is 0 Å². The third kappa shape index (κ3) is 8.31. The number of halogens is 5. The number of aryl methyl sites for hydroxylation is 1. The molecule has 3 amide bonds. The number of hydrogen-bond donors (Lipinski definition) is 2. The third-order valence-corrected chi connectivity index (χ3v) is 11.9. The Hall–Kier alpha value is -5.65. The van der Waals surface area contributed by atoms with Gasteiger partial charge in [0.05, 0.1) is 29.4 Å². The van der Waals surface area contributed by atoms with Crippen LogP contribution in [0.3, 0.4) is 0 Å². The minimum atomic E-state index is -4.77. The Morgan fingerprint density at radius 2 is 1.71 bits per heavy atom. The zero-order chi connectivity index (χ0) is 41.6. The molecular formula is C41H43F5N8O5. The van der Waals surface area contributed by atoms with Gasteiger partial charge in [0.15, 0.2) is 0 Å². The number of piperidine rings is 2. The molecule has 1 atom stereocenters. The Morgan fingerprint density at radius 1 is 0.966 bits per heavy atom. The lowest BCUT2D eigenvalue weighted by atomic mass is 9.85. The lowest BCUT2D eigenvalue weighted by molar-refractivity contribution is -0.141. The molecule has 2 aliphatic heterocycles. The Kier molecular flexibility index (Phi) is 11.0. The van der Waals surface area contributed by atoms with Crippen molar-refractivity contribution in [2.24, 2.45) is 18.9 Å². The Morgan fingerprint density at radius 3 is 2.42 bits per heavy atom. The summed E-state index contributed by atoms with van der Waals surface area (Å²) < 4.78 is 78.7.